The second-order valence-corrected chi connectivity index (χ2v) is 3.08. The summed E-state index contributed by atoms with van der Waals surface area (Å²) in [4.78, 5) is 10.2. The summed E-state index contributed by atoms with van der Waals surface area (Å²) in [5.41, 5.74) is 6.42. The molecule has 0 spiro atoms. The first-order chi connectivity index (χ1) is 6.15. The van der Waals surface area contributed by atoms with E-state index in [2.05, 4.69) is 0 Å². The van der Waals surface area contributed by atoms with Gasteiger partial charge in [0.25, 0.3) is 0 Å². The predicted octanol–water partition coefficient (Wildman–Crippen LogP) is 2.10. The number of anilines is 1. The molecular formula is C10H12FNO. The van der Waals surface area contributed by atoms with Gasteiger partial charge in [-0.25, -0.2) is 4.39 Å². The quantitative estimate of drug-likeness (QED) is 0.573. The van der Waals surface area contributed by atoms with E-state index in [4.69, 9.17) is 5.73 Å². The summed E-state index contributed by atoms with van der Waals surface area (Å²) < 4.78 is 12.8. The number of carbonyl (C=O) groups excluding carboxylic acids is 1. The van der Waals surface area contributed by atoms with Crippen molar-refractivity contribution in [1.29, 1.82) is 0 Å². The maximum absolute atomic E-state index is 12.8. The van der Waals surface area contributed by atoms with E-state index in [1.807, 2.05) is 6.92 Å². The van der Waals surface area contributed by atoms with Crippen LogP contribution in [-0.2, 0) is 4.79 Å². The number of carbonyl (C=O) groups is 1. The van der Waals surface area contributed by atoms with Gasteiger partial charge in [-0.3, -0.25) is 0 Å². The van der Waals surface area contributed by atoms with Gasteiger partial charge in [-0.05, 0) is 23.6 Å². The number of aldehydes is 1. The fourth-order valence-corrected chi connectivity index (χ4v) is 1.15. The Balaban J connectivity index is 2.89. The van der Waals surface area contributed by atoms with Crippen molar-refractivity contribution in [1.82, 2.24) is 0 Å². The largest absolute Gasteiger partial charge is 0.396 e. The maximum Gasteiger partial charge on any atom is 0.146 e. The summed E-state index contributed by atoms with van der Waals surface area (Å²) in [6, 6.07) is 4.55. The van der Waals surface area contributed by atoms with Crippen LogP contribution >= 0.6 is 0 Å². The van der Waals surface area contributed by atoms with E-state index in [9.17, 15) is 9.18 Å². The molecule has 0 fully saturated rings. The standard InChI is InChI=1S/C10H12FNO/c1-7(4-5-13)8-2-3-9(11)10(12)6-8/h2-3,5-7H,4,12H2,1H3. The minimum absolute atomic E-state index is 0.0976. The lowest BCUT2D eigenvalue weighted by molar-refractivity contribution is -0.108. The van der Waals surface area contributed by atoms with E-state index in [0.717, 1.165) is 11.8 Å². The summed E-state index contributed by atoms with van der Waals surface area (Å²) in [6.45, 7) is 1.90. The van der Waals surface area contributed by atoms with Crippen molar-refractivity contribution >= 4 is 12.0 Å². The van der Waals surface area contributed by atoms with Crippen molar-refractivity contribution in [3.8, 4) is 0 Å². The third-order valence-electron chi connectivity index (χ3n) is 2.04. The first-order valence-corrected chi connectivity index (χ1v) is 4.13. The lowest BCUT2D eigenvalue weighted by Gasteiger charge is -2.08. The Labute approximate surface area is 76.6 Å². The Morgan fingerprint density at radius 2 is 2.31 bits per heavy atom. The summed E-state index contributed by atoms with van der Waals surface area (Å²) in [7, 11) is 0. The van der Waals surface area contributed by atoms with Crippen LogP contribution in [0, 0.1) is 5.82 Å². The molecule has 1 rings (SSSR count). The number of benzene rings is 1. The van der Waals surface area contributed by atoms with Gasteiger partial charge in [0.2, 0.25) is 0 Å². The van der Waals surface area contributed by atoms with Gasteiger partial charge in [-0.2, -0.15) is 0 Å². The molecule has 0 aliphatic heterocycles. The van der Waals surface area contributed by atoms with Gasteiger partial charge in [-0.1, -0.05) is 13.0 Å². The van der Waals surface area contributed by atoms with Crippen molar-refractivity contribution in [2.45, 2.75) is 19.3 Å². The van der Waals surface area contributed by atoms with Crippen LogP contribution in [0.25, 0.3) is 0 Å². The molecule has 3 heteroatoms. The van der Waals surface area contributed by atoms with Gasteiger partial charge in [-0.15, -0.1) is 0 Å². The minimum atomic E-state index is -0.415. The number of nitrogens with two attached hydrogens (primary N) is 1. The molecule has 0 amide bonds. The average Bonchev–Trinajstić information content (AvgIpc) is 2.10. The SMILES string of the molecule is CC(CC=O)c1ccc(F)c(N)c1. The Bertz CT molecular complexity index is 312. The van der Waals surface area contributed by atoms with Gasteiger partial charge < -0.3 is 10.5 Å². The fraction of sp³-hybridized carbons (Fsp3) is 0.300. The molecule has 0 heterocycles. The van der Waals surface area contributed by atoms with Gasteiger partial charge in [0.05, 0.1) is 5.69 Å². The van der Waals surface area contributed by atoms with Crippen LogP contribution in [0.15, 0.2) is 18.2 Å². The van der Waals surface area contributed by atoms with Crippen LogP contribution in [0.5, 0.6) is 0 Å². The number of nitrogen functional groups attached to an aromatic ring is 1. The van der Waals surface area contributed by atoms with Gasteiger partial charge >= 0.3 is 0 Å². The third kappa shape index (κ3) is 2.28. The lowest BCUT2D eigenvalue weighted by Crippen LogP contribution is -1.97. The van der Waals surface area contributed by atoms with E-state index < -0.39 is 5.82 Å². The highest BCUT2D eigenvalue weighted by atomic mass is 19.1. The lowest BCUT2D eigenvalue weighted by atomic mass is 9.98. The van der Waals surface area contributed by atoms with Crippen molar-refractivity contribution in [2.75, 3.05) is 5.73 Å². The molecule has 1 aromatic carbocycles. The summed E-state index contributed by atoms with van der Waals surface area (Å²) >= 11 is 0. The highest BCUT2D eigenvalue weighted by molar-refractivity contribution is 5.52. The molecule has 1 unspecified atom stereocenters. The average molecular weight is 181 g/mol. The predicted molar refractivity (Wildman–Crippen MR) is 49.9 cm³/mol. The Hall–Kier alpha value is -1.38. The van der Waals surface area contributed by atoms with Crippen LogP contribution < -0.4 is 5.73 Å². The van der Waals surface area contributed by atoms with Crippen LogP contribution in [-0.4, -0.2) is 6.29 Å². The number of rotatable bonds is 3. The van der Waals surface area contributed by atoms with Crippen LogP contribution in [0.3, 0.4) is 0 Å². The fourth-order valence-electron chi connectivity index (χ4n) is 1.15. The number of hydrogen-bond acceptors (Lipinski definition) is 2. The molecule has 70 valence electrons. The van der Waals surface area contributed by atoms with Gasteiger partial charge in [0.15, 0.2) is 0 Å². The zero-order valence-electron chi connectivity index (χ0n) is 7.46. The second-order valence-electron chi connectivity index (χ2n) is 3.08. The minimum Gasteiger partial charge on any atom is -0.396 e. The molecule has 0 saturated heterocycles. The highest BCUT2D eigenvalue weighted by Gasteiger charge is 2.06. The highest BCUT2D eigenvalue weighted by Crippen LogP contribution is 2.21. The summed E-state index contributed by atoms with van der Waals surface area (Å²) in [5.74, 6) is -0.317. The zero-order chi connectivity index (χ0) is 9.84. The first kappa shape index (κ1) is 9.71. The van der Waals surface area contributed by atoms with E-state index in [-0.39, 0.29) is 11.6 Å². The monoisotopic (exact) mass is 181 g/mol. The van der Waals surface area contributed by atoms with Crippen LogP contribution in [0.4, 0.5) is 10.1 Å². The molecule has 2 nitrogen and oxygen atoms in total. The first-order valence-electron chi connectivity index (χ1n) is 4.13. The summed E-state index contributed by atoms with van der Waals surface area (Å²) in [6.07, 6.45) is 1.29. The summed E-state index contributed by atoms with van der Waals surface area (Å²) in [5, 5.41) is 0. The maximum atomic E-state index is 12.8. The Morgan fingerprint density at radius 3 is 2.85 bits per heavy atom. The molecule has 2 N–H and O–H groups in total. The smallest absolute Gasteiger partial charge is 0.146 e. The van der Waals surface area contributed by atoms with Crippen LogP contribution in [0.1, 0.15) is 24.8 Å². The molecule has 13 heavy (non-hydrogen) atoms. The Kier molecular flexibility index (Phi) is 3.01. The molecule has 0 bridgehead atoms. The van der Waals surface area contributed by atoms with Gasteiger partial charge in [0.1, 0.15) is 12.1 Å². The van der Waals surface area contributed by atoms with E-state index in [0.29, 0.717) is 6.42 Å². The van der Waals surface area contributed by atoms with Crippen molar-refractivity contribution in [3.05, 3.63) is 29.6 Å². The van der Waals surface area contributed by atoms with E-state index in [1.165, 1.54) is 6.07 Å². The van der Waals surface area contributed by atoms with Crippen LogP contribution in [0.2, 0.25) is 0 Å². The molecular weight excluding hydrogens is 169 g/mol. The van der Waals surface area contributed by atoms with Gasteiger partial charge in [0, 0.05) is 6.42 Å². The molecule has 0 aromatic heterocycles. The van der Waals surface area contributed by atoms with E-state index in [1.54, 1.807) is 12.1 Å². The van der Waals surface area contributed by atoms with E-state index >= 15 is 0 Å². The second kappa shape index (κ2) is 4.03. The molecule has 1 aromatic rings. The van der Waals surface area contributed by atoms with Crippen molar-refractivity contribution in [3.63, 3.8) is 0 Å². The molecule has 0 aliphatic carbocycles. The zero-order valence-corrected chi connectivity index (χ0v) is 7.46. The number of halogens is 1. The molecule has 0 aliphatic rings. The molecule has 1 atom stereocenters. The van der Waals surface area contributed by atoms with Crippen molar-refractivity contribution in [2.24, 2.45) is 0 Å². The third-order valence-corrected chi connectivity index (χ3v) is 2.04. The molecule has 0 saturated carbocycles. The topological polar surface area (TPSA) is 43.1 Å². The number of hydrogen-bond donors (Lipinski definition) is 1. The molecule has 0 radical (unpaired) electrons. The Morgan fingerprint density at radius 1 is 1.62 bits per heavy atom. The van der Waals surface area contributed by atoms with Crippen molar-refractivity contribution < 1.29 is 9.18 Å². The normalized spacial score (nSPS) is 12.5.